The molecular weight excluding hydrogens is 248 g/mol. The Hall–Kier alpha value is -1.65. The minimum absolute atomic E-state index is 0.0185. The molecule has 18 heavy (non-hydrogen) atoms. The topological polar surface area (TPSA) is 46.5 Å². The van der Waals surface area contributed by atoms with Gasteiger partial charge in [0.1, 0.15) is 12.4 Å². The van der Waals surface area contributed by atoms with Gasteiger partial charge >= 0.3 is 0 Å². The summed E-state index contributed by atoms with van der Waals surface area (Å²) in [6, 6.07) is 7.18. The first-order valence-corrected chi connectivity index (χ1v) is 6.60. The predicted octanol–water partition coefficient (Wildman–Crippen LogP) is 2.92. The van der Waals surface area contributed by atoms with Crippen LogP contribution in [0.15, 0.2) is 29.6 Å². The number of ketones is 1. The lowest BCUT2D eigenvalue weighted by molar-refractivity contribution is 0.104. The second-order valence-corrected chi connectivity index (χ2v) is 5.24. The van der Waals surface area contributed by atoms with Crippen LogP contribution in [0.1, 0.15) is 39.4 Å². The van der Waals surface area contributed by atoms with Crippen molar-refractivity contribution in [2.75, 3.05) is 0 Å². The molecule has 1 N–H and O–H groups in total. The van der Waals surface area contributed by atoms with E-state index in [0.717, 1.165) is 16.0 Å². The number of aliphatic hydroxyl groups excluding tert-OH is 1. The highest BCUT2D eigenvalue weighted by molar-refractivity contribution is 7.12. The van der Waals surface area contributed by atoms with Gasteiger partial charge in [-0.3, -0.25) is 4.79 Å². The molecule has 0 amide bonds. The van der Waals surface area contributed by atoms with E-state index in [1.165, 1.54) is 11.3 Å². The van der Waals surface area contributed by atoms with Gasteiger partial charge in [-0.25, -0.2) is 0 Å². The highest BCUT2D eigenvalue weighted by Gasteiger charge is 2.24. The SMILES string of the molecule is CC(O)c1ccc2c(c1)C(=O)c1sccc1CO2. The van der Waals surface area contributed by atoms with Crippen molar-refractivity contribution in [1.29, 1.82) is 0 Å². The number of thiophene rings is 1. The van der Waals surface area contributed by atoms with Gasteiger partial charge in [0.2, 0.25) is 5.78 Å². The van der Waals surface area contributed by atoms with Gasteiger partial charge in [-0.15, -0.1) is 11.3 Å². The third kappa shape index (κ3) is 1.74. The highest BCUT2D eigenvalue weighted by atomic mass is 32.1. The fourth-order valence-corrected chi connectivity index (χ4v) is 2.90. The Morgan fingerprint density at radius 2 is 2.22 bits per heavy atom. The predicted molar refractivity (Wildman–Crippen MR) is 69.2 cm³/mol. The Kier molecular flexibility index (Phi) is 2.69. The summed E-state index contributed by atoms with van der Waals surface area (Å²) in [7, 11) is 0. The van der Waals surface area contributed by atoms with Gasteiger partial charge < -0.3 is 9.84 Å². The van der Waals surface area contributed by atoms with Crippen LogP contribution in [-0.4, -0.2) is 10.9 Å². The van der Waals surface area contributed by atoms with Crippen LogP contribution in [0, 0.1) is 0 Å². The third-order valence-corrected chi connectivity index (χ3v) is 4.02. The monoisotopic (exact) mass is 260 g/mol. The minimum Gasteiger partial charge on any atom is -0.488 e. The maximum Gasteiger partial charge on any atom is 0.207 e. The Labute approximate surface area is 109 Å². The van der Waals surface area contributed by atoms with Crippen molar-refractivity contribution in [2.45, 2.75) is 19.6 Å². The number of aliphatic hydroxyl groups is 1. The summed E-state index contributed by atoms with van der Waals surface area (Å²) < 4.78 is 5.64. The molecule has 0 saturated heterocycles. The van der Waals surface area contributed by atoms with Crippen LogP contribution in [0.2, 0.25) is 0 Å². The van der Waals surface area contributed by atoms with E-state index in [9.17, 15) is 9.90 Å². The van der Waals surface area contributed by atoms with Crippen molar-refractivity contribution in [3.05, 3.63) is 51.2 Å². The summed E-state index contributed by atoms with van der Waals surface area (Å²) >= 11 is 1.43. The normalized spacial score (nSPS) is 15.3. The molecule has 1 aromatic carbocycles. The molecule has 0 saturated carbocycles. The molecule has 2 aromatic rings. The average Bonchev–Trinajstić information content (AvgIpc) is 2.79. The molecule has 1 aliphatic heterocycles. The van der Waals surface area contributed by atoms with Crippen LogP contribution in [0.5, 0.6) is 5.75 Å². The Morgan fingerprint density at radius 1 is 1.39 bits per heavy atom. The van der Waals surface area contributed by atoms with Crippen molar-refractivity contribution in [3.63, 3.8) is 0 Å². The molecule has 1 atom stereocenters. The van der Waals surface area contributed by atoms with Crippen molar-refractivity contribution in [3.8, 4) is 5.75 Å². The number of carbonyl (C=O) groups excluding carboxylic acids is 1. The fraction of sp³-hybridized carbons (Fsp3) is 0.214. The van der Waals surface area contributed by atoms with Gasteiger partial charge in [-0.05, 0) is 36.1 Å². The van der Waals surface area contributed by atoms with Crippen molar-refractivity contribution < 1.29 is 14.6 Å². The number of fused-ring (bicyclic) bond motifs is 2. The first kappa shape index (κ1) is 11.4. The van der Waals surface area contributed by atoms with E-state index in [2.05, 4.69) is 0 Å². The van der Waals surface area contributed by atoms with Crippen LogP contribution < -0.4 is 4.74 Å². The van der Waals surface area contributed by atoms with Crippen LogP contribution >= 0.6 is 11.3 Å². The van der Waals surface area contributed by atoms with Gasteiger partial charge in [0.25, 0.3) is 0 Å². The molecule has 0 spiro atoms. The van der Waals surface area contributed by atoms with E-state index in [0.29, 0.717) is 17.9 Å². The number of hydrogen-bond acceptors (Lipinski definition) is 4. The molecule has 2 heterocycles. The second kappa shape index (κ2) is 4.23. The summed E-state index contributed by atoms with van der Waals surface area (Å²) in [6.45, 7) is 2.10. The molecular formula is C14H12O3S. The highest BCUT2D eigenvalue weighted by Crippen LogP contribution is 2.32. The molecule has 4 heteroatoms. The lowest BCUT2D eigenvalue weighted by Gasteiger charge is -2.10. The third-order valence-electron chi connectivity index (χ3n) is 3.07. The Balaban J connectivity index is 2.15. The summed E-state index contributed by atoms with van der Waals surface area (Å²) in [5.74, 6) is 0.572. The lowest BCUT2D eigenvalue weighted by Crippen LogP contribution is -2.02. The van der Waals surface area contributed by atoms with Gasteiger partial charge in [0, 0.05) is 5.56 Å². The molecule has 1 aliphatic rings. The van der Waals surface area contributed by atoms with Gasteiger partial charge in [-0.2, -0.15) is 0 Å². The average molecular weight is 260 g/mol. The van der Waals surface area contributed by atoms with Crippen LogP contribution in [0.4, 0.5) is 0 Å². The molecule has 1 aromatic heterocycles. The molecule has 92 valence electrons. The summed E-state index contributed by atoms with van der Waals surface area (Å²) in [5, 5.41) is 11.5. The first-order chi connectivity index (χ1) is 8.66. The fourth-order valence-electron chi connectivity index (χ4n) is 2.04. The summed E-state index contributed by atoms with van der Waals surface area (Å²) in [4.78, 5) is 13.1. The van der Waals surface area contributed by atoms with Gasteiger partial charge in [0.15, 0.2) is 0 Å². The maximum atomic E-state index is 12.4. The van der Waals surface area contributed by atoms with E-state index in [1.807, 2.05) is 11.4 Å². The zero-order chi connectivity index (χ0) is 12.7. The smallest absolute Gasteiger partial charge is 0.207 e. The zero-order valence-corrected chi connectivity index (χ0v) is 10.7. The molecule has 1 unspecified atom stereocenters. The van der Waals surface area contributed by atoms with Crippen molar-refractivity contribution in [1.82, 2.24) is 0 Å². The Bertz CT molecular complexity index is 613. The van der Waals surface area contributed by atoms with E-state index >= 15 is 0 Å². The van der Waals surface area contributed by atoms with Gasteiger partial charge in [-0.1, -0.05) is 6.07 Å². The summed E-state index contributed by atoms with van der Waals surface area (Å²) in [6.07, 6.45) is -0.589. The van der Waals surface area contributed by atoms with E-state index in [1.54, 1.807) is 25.1 Å². The molecule has 0 aliphatic carbocycles. The molecule has 0 fully saturated rings. The van der Waals surface area contributed by atoms with Crippen LogP contribution in [0.3, 0.4) is 0 Å². The molecule has 3 rings (SSSR count). The van der Waals surface area contributed by atoms with Crippen molar-refractivity contribution in [2.24, 2.45) is 0 Å². The van der Waals surface area contributed by atoms with Crippen LogP contribution in [-0.2, 0) is 6.61 Å². The van der Waals surface area contributed by atoms with E-state index < -0.39 is 6.10 Å². The summed E-state index contributed by atoms with van der Waals surface area (Å²) in [5.41, 5.74) is 2.19. The first-order valence-electron chi connectivity index (χ1n) is 5.72. The van der Waals surface area contributed by atoms with Crippen molar-refractivity contribution >= 4 is 17.1 Å². The van der Waals surface area contributed by atoms with E-state index in [4.69, 9.17) is 4.74 Å². The number of carbonyl (C=O) groups is 1. The molecule has 3 nitrogen and oxygen atoms in total. The van der Waals surface area contributed by atoms with E-state index in [-0.39, 0.29) is 5.78 Å². The second-order valence-electron chi connectivity index (χ2n) is 4.32. The zero-order valence-electron chi connectivity index (χ0n) is 9.84. The van der Waals surface area contributed by atoms with Gasteiger partial charge in [0.05, 0.1) is 16.5 Å². The number of ether oxygens (including phenoxy) is 1. The number of benzene rings is 1. The quantitative estimate of drug-likeness (QED) is 0.857. The minimum atomic E-state index is -0.589. The number of hydrogen-bond donors (Lipinski definition) is 1. The standard InChI is InChI=1S/C14H12O3S/c1-8(15)9-2-3-12-11(6-9)13(16)14-10(7-17-12)4-5-18-14/h2-6,8,15H,7H2,1H3. The Morgan fingerprint density at radius 3 is 3.00 bits per heavy atom. The van der Waals surface area contributed by atoms with Crippen LogP contribution in [0.25, 0.3) is 0 Å². The largest absolute Gasteiger partial charge is 0.488 e. The molecule has 0 bridgehead atoms. The maximum absolute atomic E-state index is 12.4. The number of rotatable bonds is 1. The lowest BCUT2D eigenvalue weighted by atomic mass is 10.0. The molecule has 0 radical (unpaired) electrons.